The molecule has 5 heteroatoms. The Morgan fingerprint density at radius 1 is 0.463 bits per heavy atom. The van der Waals surface area contributed by atoms with Gasteiger partial charge in [0.1, 0.15) is 11.2 Å². The Kier molecular flexibility index (Phi) is 6.17. The smallest absolute Gasteiger partial charge is 0.164 e. The maximum Gasteiger partial charge on any atom is 0.164 e. The molecule has 4 nitrogen and oxygen atoms in total. The SMILES string of the molecule is CS(C)(C)c1cccc2c1oc1cc(-c3ccc(-c4nc(-c5ccccc5)nc(-c5ccccc5)n4)cc3)ccc12. The monoisotopic (exact) mass is 551 g/mol. The van der Waals surface area contributed by atoms with Crippen LogP contribution in [0.2, 0.25) is 0 Å². The van der Waals surface area contributed by atoms with Gasteiger partial charge in [-0.2, -0.15) is 0 Å². The fraction of sp³-hybridized carbons (Fsp3) is 0.0833. The number of hydrogen-bond acceptors (Lipinski definition) is 4. The van der Waals surface area contributed by atoms with Crippen molar-refractivity contribution in [2.45, 2.75) is 4.90 Å². The Morgan fingerprint density at radius 3 is 1.54 bits per heavy atom. The Bertz CT molecular complexity index is 1950. The molecule has 0 spiro atoms. The normalized spacial score (nSPS) is 12.2. The molecule has 0 bridgehead atoms. The van der Waals surface area contributed by atoms with Gasteiger partial charge in [-0.05, 0) is 48.1 Å². The third-order valence-corrected chi connectivity index (χ3v) is 8.94. The van der Waals surface area contributed by atoms with Crippen LogP contribution in [0.5, 0.6) is 0 Å². The van der Waals surface area contributed by atoms with E-state index in [0.717, 1.165) is 44.4 Å². The van der Waals surface area contributed by atoms with Gasteiger partial charge in [0.2, 0.25) is 0 Å². The zero-order chi connectivity index (χ0) is 28.0. The van der Waals surface area contributed by atoms with Crippen LogP contribution in [-0.2, 0) is 0 Å². The van der Waals surface area contributed by atoms with Crippen LogP contribution in [0.1, 0.15) is 0 Å². The van der Waals surface area contributed by atoms with Crippen LogP contribution < -0.4 is 0 Å². The van der Waals surface area contributed by atoms with Crippen molar-refractivity contribution >= 4 is 32.0 Å². The van der Waals surface area contributed by atoms with E-state index < -0.39 is 10.0 Å². The van der Waals surface area contributed by atoms with Gasteiger partial charge in [-0.25, -0.2) is 25.0 Å². The summed E-state index contributed by atoms with van der Waals surface area (Å²) in [6, 6.07) is 41.5. The summed E-state index contributed by atoms with van der Waals surface area (Å²) in [6.45, 7) is 0. The predicted octanol–water partition coefficient (Wildman–Crippen LogP) is 9.49. The number of benzene rings is 5. The van der Waals surface area contributed by atoms with Gasteiger partial charge < -0.3 is 4.42 Å². The zero-order valence-corrected chi connectivity index (χ0v) is 24.0. The lowest BCUT2D eigenvalue weighted by atomic mass is 10.0. The molecular weight excluding hydrogens is 522 g/mol. The molecule has 0 saturated heterocycles. The fourth-order valence-electron chi connectivity index (χ4n) is 5.18. The van der Waals surface area contributed by atoms with Crippen molar-refractivity contribution in [1.29, 1.82) is 0 Å². The summed E-state index contributed by atoms with van der Waals surface area (Å²) in [5, 5.41) is 2.33. The molecule has 0 unspecified atom stereocenters. The van der Waals surface area contributed by atoms with Crippen LogP contribution >= 0.6 is 10.0 Å². The van der Waals surface area contributed by atoms with Gasteiger partial charge in [-0.3, -0.25) is 0 Å². The molecule has 0 atom stereocenters. The molecule has 7 aromatic rings. The molecule has 7 rings (SSSR count). The molecule has 0 aliphatic rings. The minimum atomic E-state index is -0.922. The summed E-state index contributed by atoms with van der Waals surface area (Å²) in [6.07, 6.45) is 6.92. The van der Waals surface area contributed by atoms with E-state index in [0.29, 0.717) is 17.5 Å². The van der Waals surface area contributed by atoms with E-state index >= 15 is 0 Å². The number of para-hydroxylation sites is 1. The third kappa shape index (κ3) is 4.79. The summed E-state index contributed by atoms with van der Waals surface area (Å²) < 4.78 is 6.47. The van der Waals surface area contributed by atoms with E-state index in [2.05, 4.69) is 79.4 Å². The Hall–Kier alpha value is -4.74. The highest BCUT2D eigenvalue weighted by Gasteiger charge is 2.18. The number of fused-ring (bicyclic) bond motifs is 3. The van der Waals surface area contributed by atoms with Crippen molar-refractivity contribution in [3.8, 4) is 45.3 Å². The lowest BCUT2D eigenvalue weighted by molar-refractivity contribution is 0.660. The number of hydrogen-bond donors (Lipinski definition) is 0. The summed E-state index contributed by atoms with van der Waals surface area (Å²) in [5.74, 6) is 1.96. The molecule has 0 saturated carbocycles. The molecule has 0 N–H and O–H groups in total. The predicted molar refractivity (Wildman–Crippen MR) is 172 cm³/mol. The van der Waals surface area contributed by atoms with Gasteiger partial charge in [0.15, 0.2) is 17.5 Å². The lowest BCUT2D eigenvalue weighted by Gasteiger charge is -2.25. The minimum Gasteiger partial charge on any atom is -0.455 e. The Balaban J connectivity index is 1.28. The first-order chi connectivity index (χ1) is 19.9. The highest BCUT2D eigenvalue weighted by Crippen LogP contribution is 2.50. The first kappa shape index (κ1) is 25.2. The lowest BCUT2D eigenvalue weighted by Crippen LogP contribution is -2.00. The van der Waals surface area contributed by atoms with E-state index in [9.17, 15) is 0 Å². The third-order valence-electron chi connectivity index (χ3n) is 7.30. The second-order valence-corrected chi connectivity index (χ2v) is 15.0. The highest BCUT2D eigenvalue weighted by molar-refractivity contribution is 8.32. The quantitative estimate of drug-likeness (QED) is 0.214. The molecule has 2 heterocycles. The number of aromatic nitrogens is 3. The summed E-state index contributed by atoms with van der Waals surface area (Å²) >= 11 is 0. The van der Waals surface area contributed by atoms with Crippen LogP contribution in [0.4, 0.5) is 0 Å². The van der Waals surface area contributed by atoms with Crippen LogP contribution in [0.15, 0.2) is 131 Å². The second-order valence-electron chi connectivity index (χ2n) is 10.9. The first-order valence-electron chi connectivity index (χ1n) is 13.6. The van der Waals surface area contributed by atoms with Gasteiger partial charge in [0.05, 0.1) is 0 Å². The van der Waals surface area contributed by atoms with Gasteiger partial charge in [-0.15, -0.1) is 0 Å². The van der Waals surface area contributed by atoms with Crippen molar-refractivity contribution in [2.75, 3.05) is 18.8 Å². The van der Waals surface area contributed by atoms with Crippen LogP contribution in [0, 0.1) is 0 Å². The first-order valence-corrected chi connectivity index (χ1v) is 16.4. The summed E-state index contributed by atoms with van der Waals surface area (Å²) in [4.78, 5) is 15.8. The van der Waals surface area contributed by atoms with Crippen LogP contribution in [-0.4, -0.2) is 33.7 Å². The Labute approximate surface area is 241 Å². The van der Waals surface area contributed by atoms with Crippen molar-refractivity contribution in [3.05, 3.63) is 121 Å². The van der Waals surface area contributed by atoms with E-state index in [4.69, 9.17) is 19.4 Å². The largest absolute Gasteiger partial charge is 0.455 e. The maximum absolute atomic E-state index is 6.47. The van der Waals surface area contributed by atoms with Crippen molar-refractivity contribution < 1.29 is 4.42 Å². The number of nitrogens with zero attached hydrogens (tertiary/aromatic N) is 3. The molecule has 0 amide bonds. The van der Waals surface area contributed by atoms with E-state index in [1.54, 1.807) is 0 Å². The fourth-order valence-corrected chi connectivity index (χ4v) is 6.38. The molecule has 2 aromatic heterocycles. The molecule has 5 aromatic carbocycles. The van der Waals surface area contributed by atoms with Gasteiger partial charge >= 0.3 is 0 Å². The molecule has 0 fully saturated rings. The average molecular weight is 552 g/mol. The standard InChI is InChI=1S/C36H29N3OS/c1-41(2,3)32-16-10-15-30-29-22-21-28(23-31(29)40-33(30)32)24-17-19-27(20-18-24)36-38-34(25-11-6-4-7-12-25)37-35(39-36)26-13-8-5-9-14-26/h4-23H,1-3H3. The minimum absolute atomic E-state index is 0.647. The van der Waals surface area contributed by atoms with Gasteiger partial charge in [0.25, 0.3) is 0 Å². The molecule has 0 radical (unpaired) electrons. The van der Waals surface area contributed by atoms with Crippen molar-refractivity contribution in [2.24, 2.45) is 0 Å². The molecule has 0 aliphatic heterocycles. The second kappa shape index (κ2) is 10.0. The molecule has 200 valence electrons. The molecule has 41 heavy (non-hydrogen) atoms. The average Bonchev–Trinajstić information content (AvgIpc) is 3.39. The summed E-state index contributed by atoms with van der Waals surface area (Å²) in [5.41, 5.74) is 7.00. The molecular formula is C36H29N3OS. The van der Waals surface area contributed by atoms with Crippen LogP contribution in [0.25, 0.3) is 67.2 Å². The number of rotatable bonds is 5. The van der Waals surface area contributed by atoms with Gasteiger partial charge in [-0.1, -0.05) is 103 Å². The zero-order valence-electron chi connectivity index (χ0n) is 23.2. The topological polar surface area (TPSA) is 51.8 Å². The molecule has 0 aliphatic carbocycles. The van der Waals surface area contributed by atoms with Crippen molar-refractivity contribution in [1.82, 2.24) is 15.0 Å². The number of furan rings is 1. The summed E-state index contributed by atoms with van der Waals surface area (Å²) in [7, 11) is -0.922. The Morgan fingerprint density at radius 2 is 0.976 bits per heavy atom. The maximum atomic E-state index is 6.47. The van der Waals surface area contributed by atoms with Crippen molar-refractivity contribution in [3.63, 3.8) is 0 Å². The highest BCUT2D eigenvalue weighted by atomic mass is 32.3. The van der Waals surface area contributed by atoms with E-state index in [-0.39, 0.29) is 0 Å². The van der Waals surface area contributed by atoms with Gasteiger partial charge in [0, 0.05) is 32.4 Å². The van der Waals surface area contributed by atoms with Crippen LogP contribution in [0.3, 0.4) is 0 Å². The van der Waals surface area contributed by atoms with E-state index in [1.165, 1.54) is 10.3 Å². The van der Waals surface area contributed by atoms with E-state index in [1.807, 2.05) is 60.7 Å².